The van der Waals surface area contributed by atoms with Gasteiger partial charge in [-0.25, -0.2) is 8.78 Å². The monoisotopic (exact) mass is 623 g/mol. The van der Waals surface area contributed by atoms with Crippen molar-refractivity contribution in [2.75, 3.05) is 32.7 Å². The molecule has 0 aromatic heterocycles. The summed E-state index contributed by atoms with van der Waals surface area (Å²) in [7, 11) is 0. The average Bonchev–Trinajstić information content (AvgIpc) is 3.57. The van der Waals surface area contributed by atoms with Crippen LogP contribution in [0.1, 0.15) is 88.6 Å². The number of rotatable bonds is 6. The van der Waals surface area contributed by atoms with Crippen molar-refractivity contribution in [1.82, 2.24) is 14.7 Å². The van der Waals surface area contributed by atoms with E-state index < -0.39 is 29.2 Å². The Labute approximate surface area is 268 Å². The molecule has 3 aliphatic rings. The van der Waals surface area contributed by atoms with Crippen LogP contribution in [0.3, 0.4) is 0 Å². The van der Waals surface area contributed by atoms with Crippen LogP contribution in [0, 0.1) is 24.5 Å². The van der Waals surface area contributed by atoms with Crippen LogP contribution in [0.5, 0.6) is 0 Å². The van der Waals surface area contributed by atoms with Gasteiger partial charge in [-0.15, -0.1) is 0 Å². The standard InChI is InChI=1S/C37H51F2N3O3/c1-23-16-25-10-9-11-26(25)17-27(23)18-33(35(44)45-37(6,7)8)40-14-15-42(24(2)20-40)34(43)31-22-41(36(3,4)5)21-30(31)29-13-12-28(38)19-32(29)39/h12-13,16-17,19,24,30-31,33H,9-11,14-15,18,20-22H2,1-8H3/t24-,30-,31+,33-/m0/s1. The van der Waals surface area contributed by atoms with Gasteiger partial charge in [-0.05, 0) is 115 Å². The number of benzene rings is 2. The molecule has 0 unspecified atom stereocenters. The van der Waals surface area contributed by atoms with Crippen LogP contribution in [-0.4, -0.2) is 82.5 Å². The van der Waals surface area contributed by atoms with Gasteiger partial charge < -0.3 is 9.64 Å². The van der Waals surface area contributed by atoms with Crippen LogP contribution < -0.4 is 0 Å². The zero-order chi connectivity index (χ0) is 32.8. The summed E-state index contributed by atoms with van der Waals surface area (Å²) >= 11 is 0. The molecule has 45 heavy (non-hydrogen) atoms. The number of ether oxygens (including phenoxy) is 1. The largest absolute Gasteiger partial charge is 0.459 e. The highest BCUT2D eigenvalue weighted by molar-refractivity contribution is 5.81. The van der Waals surface area contributed by atoms with Gasteiger partial charge in [0.2, 0.25) is 5.91 Å². The summed E-state index contributed by atoms with van der Waals surface area (Å²) < 4.78 is 34.8. The molecule has 246 valence electrons. The summed E-state index contributed by atoms with van der Waals surface area (Å²) in [4.78, 5) is 34.3. The van der Waals surface area contributed by atoms with E-state index in [1.165, 1.54) is 40.8 Å². The molecule has 0 spiro atoms. The first kappa shape index (κ1) is 33.5. The summed E-state index contributed by atoms with van der Waals surface area (Å²) in [5.41, 5.74) is 4.76. The zero-order valence-electron chi connectivity index (χ0n) is 28.4. The Morgan fingerprint density at radius 3 is 2.27 bits per heavy atom. The molecular formula is C37H51F2N3O3. The second kappa shape index (κ2) is 12.7. The van der Waals surface area contributed by atoms with Crippen molar-refractivity contribution in [2.45, 2.75) is 110 Å². The quantitative estimate of drug-likeness (QED) is 0.366. The number of halogens is 2. The van der Waals surface area contributed by atoms with Crippen molar-refractivity contribution in [3.63, 3.8) is 0 Å². The first-order chi connectivity index (χ1) is 21.0. The van der Waals surface area contributed by atoms with Crippen LogP contribution in [0.15, 0.2) is 30.3 Å². The third-order valence-electron chi connectivity index (χ3n) is 9.97. The van der Waals surface area contributed by atoms with Crippen molar-refractivity contribution in [3.05, 3.63) is 69.8 Å². The van der Waals surface area contributed by atoms with Crippen molar-refractivity contribution < 1.29 is 23.1 Å². The molecule has 0 N–H and O–H groups in total. The number of aryl methyl sites for hydroxylation is 3. The average molecular weight is 624 g/mol. The Morgan fingerprint density at radius 1 is 0.956 bits per heavy atom. The normalized spacial score (nSPS) is 23.7. The molecule has 2 aromatic rings. The van der Waals surface area contributed by atoms with Crippen LogP contribution in [-0.2, 0) is 33.6 Å². The number of carbonyl (C=O) groups is 2. The van der Waals surface area contributed by atoms with Gasteiger partial charge >= 0.3 is 5.97 Å². The third-order valence-corrected chi connectivity index (χ3v) is 9.97. The fourth-order valence-corrected chi connectivity index (χ4v) is 7.49. The highest BCUT2D eigenvalue weighted by Crippen LogP contribution is 2.39. The van der Waals surface area contributed by atoms with Crippen molar-refractivity contribution in [2.24, 2.45) is 5.92 Å². The summed E-state index contributed by atoms with van der Waals surface area (Å²) in [6, 6.07) is 7.64. The molecule has 4 atom stereocenters. The molecule has 5 rings (SSSR count). The Kier molecular flexibility index (Phi) is 9.50. The van der Waals surface area contributed by atoms with Gasteiger partial charge in [-0.1, -0.05) is 18.2 Å². The molecule has 1 amide bonds. The fourth-order valence-electron chi connectivity index (χ4n) is 7.49. The number of amides is 1. The van der Waals surface area contributed by atoms with E-state index in [1.807, 2.05) is 32.6 Å². The second-order valence-corrected chi connectivity index (χ2v) is 15.5. The van der Waals surface area contributed by atoms with Gasteiger partial charge in [0.15, 0.2) is 0 Å². The first-order valence-corrected chi connectivity index (χ1v) is 16.6. The molecule has 8 heteroatoms. The van der Waals surface area contributed by atoms with Gasteiger partial charge in [0, 0.05) is 56.3 Å². The molecule has 2 aromatic carbocycles. The fraction of sp³-hybridized carbons (Fsp3) is 0.622. The molecule has 2 fully saturated rings. The van der Waals surface area contributed by atoms with Gasteiger partial charge in [0.05, 0.1) is 5.92 Å². The van der Waals surface area contributed by atoms with E-state index in [0.29, 0.717) is 44.7 Å². The van der Waals surface area contributed by atoms with E-state index in [9.17, 15) is 14.0 Å². The van der Waals surface area contributed by atoms with Gasteiger partial charge in [0.1, 0.15) is 23.3 Å². The van der Waals surface area contributed by atoms with Crippen molar-refractivity contribution in [3.8, 4) is 0 Å². The lowest BCUT2D eigenvalue weighted by molar-refractivity contribution is -0.163. The minimum atomic E-state index is -0.621. The Bertz CT molecular complexity index is 1430. The molecule has 0 saturated carbocycles. The number of fused-ring (bicyclic) bond motifs is 1. The summed E-state index contributed by atoms with van der Waals surface area (Å²) in [6.07, 6.45) is 3.92. The highest BCUT2D eigenvalue weighted by Gasteiger charge is 2.46. The number of hydrogen-bond acceptors (Lipinski definition) is 5. The SMILES string of the molecule is Cc1cc2c(cc1C[C@@H](C(=O)OC(C)(C)C)N1CCN(C(=O)[C@@H]3CN(C(C)(C)C)C[C@H]3c3ccc(F)cc3F)[C@@H](C)C1)CCC2. The minimum Gasteiger partial charge on any atom is -0.459 e. The second-order valence-electron chi connectivity index (χ2n) is 15.5. The van der Waals surface area contributed by atoms with Crippen LogP contribution in [0.4, 0.5) is 8.78 Å². The Hall–Kier alpha value is -2.84. The predicted molar refractivity (Wildman–Crippen MR) is 173 cm³/mol. The lowest BCUT2D eigenvalue weighted by atomic mass is 9.87. The Morgan fingerprint density at radius 2 is 1.64 bits per heavy atom. The molecule has 2 saturated heterocycles. The molecule has 2 aliphatic heterocycles. The highest BCUT2D eigenvalue weighted by atomic mass is 19.1. The number of nitrogens with zero attached hydrogens (tertiary/aromatic N) is 3. The minimum absolute atomic E-state index is 0.00842. The zero-order valence-corrected chi connectivity index (χ0v) is 28.4. The number of carbonyl (C=O) groups excluding carboxylic acids is 2. The molecular weight excluding hydrogens is 572 g/mol. The van der Waals surface area contributed by atoms with E-state index in [2.05, 4.69) is 49.6 Å². The number of piperazine rings is 1. The van der Waals surface area contributed by atoms with Crippen molar-refractivity contribution >= 4 is 11.9 Å². The third kappa shape index (κ3) is 7.43. The number of hydrogen-bond donors (Lipinski definition) is 0. The van der Waals surface area contributed by atoms with E-state index >= 15 is 4.39 Å². The Balaban J connectivity index is 1.36. The maximum Gasteiger partial charge on any atom is 0.324 e. The topological polar surface area (TPSA) is 53.1 Å². The molecule has 2 heterocycles. The first-order valence-electron chi connectivity index (χ1n) is 16.6. The van der Waals surface area contributed by atoms with Gasteiger partial charge in [-0.3, -0.25) is 19.4 Å². The lowest BCUT2D eigenvalue weighted by Crippen LogP contribution is -2.60. The number of likely N-dealkylation sites (tertiary alicyclic amines) is 1. The lowest BCUT2D eigenvalue weighted by Gasteiger charge is -2.44. The van der Waals surface area contributed by atoms with E-state index in [-0.39, 0.29) is 29.4 Å². The molecule has 6 nitrogen and oxygen atoms in total. The van der Waals surface area contributed by atoms with Crippen molar-refractivity contribution in [1.29, 1.82) is 0 Å². The van der Waals surface area contributed by atoms with Crippen LogP contribution in [0.25, 0.3) is 0 Å². The van der Waals surface area contributed by atoms with Gasteiger partial charge in [-0.2, -0.15) is 0 Å². The summed E-state index contributed by atoms with van der Waals surface area (Å²) in [5, 5.41) is 0. The van der Waals surface area contributed by atoms with Crippen LogP contribution >= 0.6 is 0 Å². The van der Waals surface area contributed by atoms with Gasteiger partial charge in [0.25, 0.3) is 0 Å². The predicted octanol–water partition coefficient (Wildman–Crippen LogP) is 6.06. The molecule has 0 radical (unpaired) electrons. The van der Waals surface area contributed by atoms with E-state index in [0.717, 1.165) is 18.9 Å². The molecule has 0 bridgehead atoms. The summed E-state index contributed by atoms with van der Waals surface area (Å²) in [5.74, 6) is -2.30. The van der Waals surface area contributed by atoms with Crippen LogP contribution in [0.2, 0.25) is 0 Å². The molecule has 1 aliphatic carbocycles. The smallest absolute Gasteiger partial charge is 0.324 e. The maximum absolute atomic E-state index is 15.1. The maximum atomic E-state index is 15.1. The number of esters is 1. The van der Waals surface area contributed by atoms with E-state index in [4.69, 9.17) is 4.74 Å². The summed E-state index contributed by atoms with van der Waals surface area (Å²) in [6.45, 7) is 18.7. The van der Waals surface area contributed by atoms with E-state index in [1.54, 1.807) is 0 Å².